The smallest absolute Gasteiger partial charge is 0.332 e. The first-order valence-corrected chi connectivity index (χ1v) is 11.4. The molecule has 0 unspecified atom stereocenters. The molecule has 2 aromatic carbocycles. The number of ketones is 1. The summed E-state index contributed by atoms with van der Waals surface area (Å²) < 4.78 is 3.36. The number of anilines is 1. The standard InChI is InChI=1S/C24H23N5O4S/c1-13-9-10-15(11-14(13)2)29-21(31)16-7-5-6-8-17(16)26-23(29)34-12-18(30)19-20(25)27(3)24(33)28(4)22(19)32/h5-11H,12,25H2,1-4H3. The number of nitrogens with two attached hydrogens (primary N) is 1. The second kappa shape index (κ2) is 8.79. The zero-order valence-corrected chi connectivity index (χ0v) is 20.0. The van der Waals surface area contributed by atoms with E-state index in [9.17, 15) is 19.2 Å². The van der Waals surface area contributed by atoms with Crippen molar-refractivity contribution in [1.29, 1.82) is 0 Å². The molecule has 4 rings (SSSR count). The lowest BCUT2D eigenvalue weighted by Crippen LogP contribution is -2.41. The van der Waals surface area contributed by atoms with Crippen molar-refractivity contribution >= 4 is 34.3 Å². The summed E-state index contributed by atoms with van der Waals surface area (Å²) in [7, 11) is 2.68. The predicted molar refractivity (Wildman–Crippen MR) is 133 cm³/mol. The van der Waals surface area contributed by atoms with Gasteiger partial charge in [0.05, 0.1) is 22.3 Å². The van der Waals surface area contributed by atoms with Crippen LogP contribution in [0.15, 0.2) is 62.0 Å². The topological polar surface area (TPSA) is 122 Å². The van der Waals surface area contributed by atoms with E-state index in [0.717, 1.165) is 32.0 Å². The highest BCUT2D eigenvalue weighted by atomic mass is 32.2. The molecule has 2 aromatic heterocycles. The third-order valence-electron chi connectivity index (χ3n) is 5.81. The first-order chi connectivity index (χ1) is 16.1. The highest BCUT2D eigenvalue weighted by Crippen LogP contribution is 2.23. The number of rotatable bonds is 5. The van der Waals surface area contributed by atoms with Crippen LogP contribution in [-0.4, -0.2) is 30.2 Å². The summed E-state index contributed by atoms with van der Waals surface area (Å²) in [6, 6.07) is 12.6. The van der Waals surface area contributed by atoms with E-state index in [2.05, 4.69) is 4.98 Å². The number of para-hydroxylation sites is 1. The van der Waals surface area contributed by atoms with E-state index >= 15 is 0 Å². The Kier molecular flexibility index (Phi) is 6.01. The Balaban J connectivity index is 1.82. The van der Waals surface area contributed by atoms with Crippen LogP contribution in [0.4, 0.5) is 5.82 Å². The van der Waals surface area contributed by atoms with Crippen molar-refractivity contribution in [2.24, 2.45) is 14.1 Å². The maximum Gasteiger partial charge on any atom is 0.332 e. The van der Waals surface area contributed by atoms with Gasteiger partial charge in [0.1, 0.15) is 11.4 Å². The van der Waals surface area contributed by atoms with E-state index in [-0.39, 0.29) is 22.7 Å². The second-order valence-corrected chi connectivity index (χ2v) is 8.94. The third-order valence-corrected chi connectivity index (χ3v) is 6.75. The van der Waals surface area contributed by atoms with Crippen LogP contribution in [0.25, 0.3) is 16.6 Å². The molecule has 9 nitrogen and oxygen atoms in total. The minimum absolute atomic E-state index is 0.197. The van der Waals surface area contributed by atoms with Gasteiger partial charge in [-0.05, 0) is 49.2 Å². The van der Waals surface area contributed by atoms with Crippen LogP contribution in [0.2, 0.25) is 0 Å². The Morgan fingerprint density at radius 3 is 2.38 bits per heavy atom. The number of hydrogen-bond acceptors (Lipinski definition) is 7. The highest BCUT2D eigenvalue weighted by molar-refractivity contribution is 7.99. The van der Waals surface area contributed by atoms with Crippen LogP contribution in [0.5, 0.6) is 0 Å². The molecule has 2 N–H and O–H groups in total. The molecule has 0 saturated carbocycles. The van der Waals surface area contributed by atoms with Gasteiger partial charge < -0.3 is 5.73 Å². The van der Waals surface area contributed by atoms with E-state index < -0.39 is 17.0 Å². The first-order valence-electron chi connectivity index (χ1n) is 10.4. The largest absolute Gasteiger partial charge is 0.384 e. The van der Waals surface area contributed by atoms with E-state index in [0.29, 0.717) is 21.7 Å². The number of carbonyl (C=O) groups is 1. The first kappa shape index (κ1) is 23.2. The fraction of sp³-hybridized carbons (Fsp3) is 0.208. The molecule has 4 aromatic rings. The van der Waals surface area contributed by atoms with Gasteiger partial charge in [-0.1, -0.05) is 30.0 Å². The van der Waals surface area contributed by atoms with E-state index in [1.54, 1.807) is 24.3 Å². The summed E-state index contributed by atoms with van der Waals surface area (Å²) in [5, 5.41) is 0.757. The maximum absolute atomic E-state index is 13.4. The molecule has 0 saturated heterocycles. The molecule has 0 radical (unpaired) electrons. The van der Waals surface area contributed by atoms with Crippen molar-refractivity contribution in [3.63, 3.8) is 0 Å². The summed E-state index contributed by atoms with van der Waals surface area (Å²) in [5.41, 5.74) is 7.22. The average molecular weight is 478 g/mol. The number of thioether (sulfide) groups is 1. The monoisotopic (exact) mass is 477 g/mol. The van der Waals surface area contributed by atoms with Crippen molar-refractivity contribution in [3.05, 3.63) is 90.3 Å². The Morgan fingerprint density at radius 2 is 1.68 bits per heavy atom. The van der Waals surface area contributed by atoms with Crippen molar-refractivity contribution in [3.8, 4) is 5.69 Å². The SMILES string of the molecule is Cc1ccc(-n2c(SCC(=O)c3c(N)n(C)c(=O)n(C)c3=O)nc3ccccc3c2=O)cc1C. The molecule has 0 aliphatic rings. The summed E-state index contributed by atoms with van der Waals surface area (Å²) in [4.78, 5) is 55.7. The molecule has 0 aliphatic heterocycles. The molecule has 0 amide bonds. The van der Waals surface area contributed by atoms with Gasteiger partial charge in [0.2, 0.25) is 0 Å². The van der Waals surface area contributed by atoms with E-state index in [1.807, 2.05) is 32.0 Å². The number of nitrogen functional groups attached to an aromatic ring is 1. The predicted octanol–water partition coefficient (Wildman–Crippen LogP) is 1.96. The Hall–Kier alpha value is -3.92. The number of benzene rings is 2. The normalized spacial score (nSPS) is 11.2. The van der Waals surface area contributed by atoms with Crippen molar-refractivity contribution in [2.45, 2.75) is 19.0 Å². The Bertz CT molecular complexity index is 1650. The molecule has 34 heavy (non-hydrogen) atoms. The highest BCUT2D eigenvalue weighted by Gasteiger charge is 2.22. The molecule has 0 bridgehead atoms. The number of carbonyl (C=O) groups excluding carboxylic acids is 1. The summed E-state index contributed by atoms with van der Waals surface area (Å²) in [6.45, 7) is 3.93. The molecule has 0 spiro atoms. The Labute approximate surface area is 198 Å². The van der Waals surface area contributed by atoms with E-state index in [1.165, 1.54) is 18.7 Å². The quantitative estimate of drug-likeness (QED) is 0.265. The number of hydrogen-bond donors (Lipinski definition) is 1. The van der Waals surface area contributed by atoms with Crippen LogP contribution in [0.3, 0.4) is 0 Å². The number of fused-ring (bicyclic) bond motifs is 1. The molecule has 10 heteroatoms. The number of nitrogens with zero attached hydrogens (tertiary/aromatic N) is 4. The minimum atomic E-state index is -0.760. The van der Waals surface area contributed by atoms with Gasteiger partial charge in [0.25, 0.3) is 11.1 Å². The van der Waals surface area contributed by atoms with Gasteiger partial charge in [-0.3, -0.25) is 28.1 Å². The van der Waals surface area contributed by atoms with Gasteiger partial charge in [0, 0.05) is 14.1 Å². The van der Waals surface area contributed by atoms with Gasteiger partial charge in [0.15, 0.2) is 10.9 Å². The zero-order valence-electron chi connectivity index (χ0n) is 19.2. The molecule has 174 valence electrons. The number of aryl methyl sites for hydroxylation is 2. The molecule has 0 aliphatic carbocycles. The van der Waals surface area contributed by atoms with Gasteiger partial charge in [-0.15, -0.1) is 0 Å². The number of Topliss-reactive ketones (excluding diaryl/α,β-unsaturated/α-hetero) is 1. The van der Waals surface area contributed by atoms with Gasteiger partial charge in [-0.25, -0.2) is 9.78 Å². The van der Waals surface area contributed by atoms with Crippen LogP contribution < -0.4 is 22.5 Å². The lowest BCUT2D eigenvalue weighted by atomic mass is 10.1. The van der Waals surface area contributed by atoms with Gasteiger partial charge in [-0.2, -0.15) is 0 Å². The summed E-state index contributed by atoms with van der Waals surface area (Å²) >= 11 is 1.03. The lowest BCUT2D eigenvalue weighted by Gasteiger charge is -2.15. The lowest BCUT2D eigenvalue weighted by molar-refractivity contribution is 0.102. The Morgan fingerprint density at radius 1 is 0.971 bits per heavy atom. The summed E-state index contributed by atoms with van der Waals surface area (Å²) in [5.74, 6) is -0.961. The second-order valence-electron chi connectivity index (χ2n) is 8.00. The van der Waals surface area contributed by atoms with Crippen LogP contribution in [-0.2, 0) is 14.1 Å². The maximum atomic E-state index is 13.4. The zero-order chi connectivity index (χ0) is 24.7. The molecular weight excluding hydrogens is 454 g/mol. The van der Waals surface area contributed by atoms with Crippen molar-refractivity contribution in [1.82, 2.24) is 18.7 Å². The summed E-state index contributed by atoms with van der Waals surface area (Å²) in [6.07, 6.45) is 0. The molecule has 0 fully saturated rings. The van der Waals surface area contributed by atoms with Gasteiger partial charge >= 0.3 is 5.69 Å². The molecular formula is C24H23N5O4S. The minimum Gasteiger partial charge on any atom is -0.384 e. The third kappa shape index (κ3) is 3.86. The fourth-order valence-electron chi connectivity index (χ4n) is 3.63. The molecule has 2 heterocycles. The fourth-order valence-corrected chi connectivity index (χ4v) is 4.51. The van der Waals surface area contributed by atoms with Crippen molar-refractivity contribution < 1.29 is 4.79 Å². The molecule has 0 atom stereocenters. The van der Waals surface area contributed by atoms with Crippen LogP contribution in [0.1, 0.15) is 21.5 Å². The van der Waals surface area contributed by atoms with Crippen LogP contribution >= 0.6 is 11.8 Å². The average Bonchev–Trinajstić information content (AvgIpc) is 2.82. The van der Waals surface area contributed by atoms with E-state index in [4.69, 9.17) is 5.73 Å². The van der Waals surface area contributed by atoms with Crippen LogP contribution in [0, 0.1) is 13.8 Å². The van der Waals surface area contributed by atoms with Crippen molar-refractivity contribution in [2.75, 3.05) is 11.5 Å². The number of aromatic nitrogens is 4.